The van der Waals surface area contributed by atoms with E-state index in [0.717, 1.165) is 0 Å². The Bertz CT molecular complexity index is 698. The maximum absolute atomic E-state index is 12.0. The van der Waals surface area contributed by atoms with E-state index in [4.69, 9.17) is 9.59 Å². The summed E-state index contributed by atoms with van der Waals surface area (Å²) in [5, 5.41) is 0.341. The lowest BCUT2D eigenvalue weighted by molar-refractivity contribution is -0.191. The fourth-order valence-corrected chi connectivity index (χ4v) is 2.99. The van der Waals surface area contributed by atoms with E-state index in [1.807, 2.05) is 25.1 Å². The summed E-state index contributed by atoms with van der Waals surface area (Å²) in [5.74, 6) is 0.0999. The van der Waals surface area contributed by atoms with Crippen LogP contribution in [0.2, 0.25) is 0 Å². The third-order valence-electron chi connectivity index (χ3n) is 2.56. The molecule has 19 heavy (non-hydrogen) atoms. The molecule has 6 nitrogen and oxygen atoms in total. The summed E-state index contributed by atoms with van der Waals surface area (Å²) in [7, 11) is -3.22. The van der Waals surface area contributed by atoms with E-state index in [2.05, 4.69) is 4.98 Å². The van der Waals surface area contributed by atoms with Gasteiger partial charge in [-0.05, 0) is 18.6 Å². The van der Waals surface area contributed by atoms with Crippen molar-refractivity contribution >= 4 is 21.6 Å². The second-order valence-corrected chi connectivity index (χ2v) is 5.83. The van der Waals surface area contributed by atoms with Crippen LogP contribution in [-0.2, 0) is 25.8 Å². The van der Waals surface area contributed by atoms with Crippen molar-refractivity contribution in [1.29, 1.82) is 0 Å². The topological polar surface area (TPSA) is 85.6 Å². The molecule has 0 atom stereocenters. The standard InChI is InChI=1S/C11H14N2O2S.CO2/c1-3-9-11(16(14,15)4-2)13-8-6-5-7-10(13)12-9;2-1-3/h5-8H,3-4H2,1-2H3;. The Balaban J connectivity index is 0.000000550. The van der Waals surface area contributed by atoms with Crippen LogP contribution in [0.4, 0.5) is 0 Å². The van der Waals surface area contributed by atoms with Crippen LogP contribution in [0.1, 0.15) is 19.5 Å². The molecule has 0 aliphatic heterocycles. The molecule has 7 heteroatoms. The first-order valence-corrected chi connectivity index (χ1v) is 7.35. The molecule has 0 aliphatic carbocycles. The van der Waals surface area contributed by atoms with Crippen molar-refractivity contribution in [2.45, 2.75) is 25.3 Å². The van der Waals surface area contributed by atoms with Gasteiger partial charge >= 0.3 is 6.15 Å². The van der Waals surface area contributed by atoms with E-state index in [1.54, 1.807) is 17.5 Å². The molecule has 0 unspecified atom stereocenters. The van der Waals surface area contributed by atoms with Gasteiger partial charge in [0, 0.05) is 6.20 Å². The minimum atomic E-state index is -3.22. The van der Waals surface area contributed by atoms with Crippen LogP contribution in [0.3, 0.4) is 0 Å². The van der Waals surface area contributed by atoms with Gasteiger partial charge in [-0.1, -0.05) is 19.9 Å². The fourth-order valence-electron chi connectivity index (χ4n) is 1.72. The number of fused-ring (bicyclic) bond motifs is 1. The average Bonchev–Trinajstić information content (AvgIpc) is 2.78. The number of nitrogens with zero attached hydrogens (tertiary/aromatic N) is 2. The van der Waals surface area contributed by atoms with Crippen LogP contribution in [0.25, 0.3) is 5.65 Å². The molecule has 0 aromatic carbocycles. The van der Waals surface area contributed by atoms with Crippen molar-refractivity contribution in [3.8, 4) is 0 Å². The van der Waals surface area contributed by atoms with Crippen molar-refractivity contribution in [2.24, 2.45) is 0 Å². The van der Waals surface area contributed by atoms with Crippen LogP contribution in [0.15, 0.2) is 29.4 Å². The van der Waals surface area contributed by atoms with Crippen molar-refractivity contribution in [2.75, 3.05) is 5.75 Å². The number of hydrogen-bond donors (Lipinski definition) is 0. The summed E-state index contributed by atoms with van der Waals surface area (Å²) < 4.78 is 25.6. The monoisotopic (exact) mass is 282 g/mol. The lowest BCUT2D eigenvalue weighted by Gasteiger charge is -2.02. The number of aryl methyl sites for hydroxylation is 1. The van der Waals surface area contributed by atoms with E-state index in [9.17, 15) is 8.42 Å². The number of hydrogen-bond acceptors (Lipinski definition) is 5. The Kier molecular flexibility index (Phi) is 4.97. The number of pyridine rings is 1. The highest BCUT2D eigenvalue weighted by Gasteiger charge is 2.22. The molecule has 0 radical (unpaired) electrons. The smallest absolute Gasteiger partial charge is 0.290 e. The summed E-state index contributed by atoms with van der Waals surface area (Å²) >= 11 is 0. The lowest BCUT2D eigenvalue weighted by Crippen LogP contribution is -2.09. The maximum Gasteiger partial charge on any atom is 0.373 e. The van der Waals surface area contributed by atoms with Crippen LogP contribution < -0.4 is 0 Å². The van der Waals surface area contributed by atoms with Gasteiger partial charge in [0.1, 0.15) is 5.65 Å². The zero-order chi connectivity index (χ0) is 14.5. The highest BCUT2D eigenvalue weighted by atomic mass is 32.2. The quantitative estimate of drug-likeness (QED) is 0.841. The van der Waals surface area contributed by atoms with E-state index in [-0.39, 0.29) is 11.9 Å². The molecule has 2 rings (SSSR count). The molecule has 0 fully saturated rings. The third-order valence-corrected chi connectivity index (χ3v) is 4.34. The average molecular weight is 282 g/mol. The van der Waals surface area contributed by atoms with Gasteiger partial charge in [0.15, 0.2) is 14.9 Å². The lowest BCUT2D eigenvalue weighted by atomic mass is 10.4. The molecule has 102 valence electrons. The van der Waals surface area contributed by atoms with Crippen molar-refractivity contribution < 1.29 is 18.0 Å². The molecule has 0 aliphatic rings. The number of aromatic nitrogens is 2. The summed E-state index contributed by atoms with van der Waals surface area (Å²) in [5.41, 5.74) is 1.33. The number of imidazole rings is 1. The number of carbonyl (C=O) groups excluding carboxylic acids is 2. The van der Waals surface area contributed by atoms with E-state index in [1.165, 1.54) is 0 Å². The Hall–Kier alpha value is -1.98. The molecule has 0 amide bonds. The van der Waals surface area contributed by atoms with Gasteiger partial charge in [0.25, 0.3) is 0 Å². The highest BCUT2D eigenvalue weighted by molar-refractivity contribution is 7.91. The largest absolute Gasteiger partial charge is 0.373 e. The van der Waals surface area contributed by atoms with Crippen LogP contribution in [0.5, 0.6) is 0 Å². The Morgan fingerprint density at radius 1 is 1.26 bits per heavy atom. The van der Waals surface area contributed by atoms with Gasteiger partial charge in [-0.2, -0.15) is 9.59 Å². The summed E-state index contributed by atoms with van der Waals surface area (Å²) in [6.45, 7) is 3.56. The molecule has 2 aromatic heterocycles. The van der Waals surface area contributed by atoms with Crippen molar-refractivity contribution in [3.63, 3.8) is 0 Å². The van der Waals surface area contributed by atoms with Crippen LogP contribution >= 0.6 is 0 Å². The van der Waals surface area contributed by atoms with Gasteiger partial charge in [0.05, 0.1) is 11.4 Å². The molecule has 0 N–H and O–H groups in total. The zero-order valence-electron chi connectivity index (χ0n) is 10.7. The molecule has 2 heterocycles. The van der Waals surface area contributed by atoms with E-state index in [0.29, 0.717) is 22.8 Å². The second-order valence-electron chi connectivity index (χ2n) is 3.63. The zero-order valence-corrected chi connectivity index (χ0v) is 11.5. The minimum Gasteiger partial charge on any atom is -0.290 e. The van der Waals surface area contributed by atoms with Crippen LogP contribution in [-0.4, -0.2) is 29.7 Å². The first-order chi connectivity index (χ1) is 9.01. The number of sulfone groups is 1. The second kappa shape index (κ2) is 6.26. The summed E-state index contributed by atoms with van der Waals surface area (Å²) in [6, 6.07) is 5.47. The first-order valence-electron chi connectivity index (χ1n) is 5.69. The van der Waals surface area contributed by atoms with E-state index >= 15 is 0 Å². The van der Waals surface area contributed by atoms with Crippen LogP contribution in [0, 0.1) is 0 Å². The maximum atomic E-state index is 12.0. The van der Waals surface area contributed by atoms with Gasteiger partial charge in [0.2, 0.25) is 0 Å². The molecular formula is C12H14N2O4S. The highest BCUT2D eigenvalue weighted by Crippen LogP contribution is 2.19. The Morgan fingerprint density at radius 2 is 1.89 bits per heavy atom. The third kappa shape index (κ3) is 3.07. The molecule has 0 spiro atoms. The van der Waals surface area contributed by atoms with E-state index < -0.39 is 9.84 Å². The van der Waals surface area contributed by atoms with Gasteiger partial charge in [-0.15, -0.1) is 0 Å². The van der Waals surface area contributed by atoms with Gasteiger partial charge in [-0.3, -0.25) is 4.40 Å². The number of rotatable bonds is 3. The predicted octanol–water partition coefficient (Wildman–Crippen LogP) is 1.11. The molecule has 0 saturated heterocycles. The van der Waals surface area contributed by atoms with Crippen molar-refractivity contribution in [3.05, 3.63) is 30.1 Å². The first kappa shape index (κ1) is 15.1. The SMILES string of the molecule is CCc1nc2ccccn2c1S(=O)(=O)CC.O=C=O. The molecule has 2 aromatic rings. The predicted molar refractivity (Wildman–Crippen MR) is 67.3 cm³/mol. The molecule has 0 bridgehead atoms. The van der Waals surface area contributed by atoms with Gasteiger partial charge < -0.3 is 0 Å². The fraction of sp³-hybridized carbons (Fsp3) is 0.333. The van der Waals surface area contributed by atoms with Gasteiger partial charge in [-0.25, -0.2) is 13.4 Å². The van der Waals surface area contributed by atoms with Crippen molar-refractivity contribution in [1.82, 2.24) is 9.38 Å². The minimum absolute atomic E-state index is 0.0999. The normalized spacial score (nSPS) is 10.6. The molecular weight excluding hydrogens is 268 g/mol. The Morgan fingerprint density at radius 3 is 2.42 bits per heavy atom. The Labute approximate surface area is 111 Å². The molecule has 0 saturated carbocycles. The summed E-state index contributed by atoms with van der Waals surface area (Å²) in [6.07, 6.45) is 2.61. The summed E-state index contributed by atoms with van der Waals surface area (Å²) in [4.78, 5) is 20.6.